The highest BCUT2D eigenvalue weighted by atomic mass is 32.2. The molecule has 0 spiro atoms. The van der Waals surface area contributed by atoms with E-state index in [0.717, 1.165) is 25.7 Å². The molecule has 1 aliphatic carbocycles. The van der Waals surface area contributed by atoms with Crippen molar-refractivity contribution >= 4 is 10.0 Å². The van der Waals surface area contributed by atoms with Crippen molar-refractivity contribution in [1.29, 1.82) is 0 Å². The van der Waals surface area contributed by atoms with E-state index in [9.17, 15) is 18.0 Å². The topological polar surface area (TPSA) is 112 Å². The van der Waals surface area contributed by atoms with E-state index >= 15 is 0 Å². The highest BCUT2D eigenvalue weighted by Gasteiger charge is 2.29. The van der Waals surface area contributed by atoms with Crippen LogP contribution in [0.25, 0.3) is 0 Å². The molecule has 20 heavy (non-hydrogen) atoms. The number of aromatic amines is 2. The smallest absolute Gasteiger partial charge is 0.310 e. The van der Waals surface area contributed by atoms with Crippen LogP contribution in [0.4, 0.5) is 0 Å². The molecule has 2 unspecified atom stereocenters. The molecule has 1 fully saturated rings. The monoisotopic (exact) mass is 301 g/mol. The van der Waals surface area contributed by atoms with Crippen molar-refractivity contribution in [2.75, 3.05) is 0 Å². The van der Waals surface area contributed by atoms with E-state index in [-0.39, 0.29) is 17.7 Å². The fourth-order valence-electron chi connectivity index (χ4n) is 2.66. The van der Waals surface area contributed by atoms with Crippen LogP contribution < -0.4 is 16.0 Å². The van der Waals surface area contributed by atoms with Gasteiger partial charge in [0.1, 0.15) is 0 Å². The zero-order valence-corrected chi connectivity index (χ0v) is 12.3. The number of aromatic nitrogens is 2. The summed E-state index contributed by atoms with van der Waals surface area (Å²) in [4.78, 5) is 26.7. The van der Waals surface area contributed by atoms with Crippen molar-refractivity contribution in [3.05, 3.63) is 26.5 Å². The number of H-pyrrole nitrogens is 2. The molecular weight excluding hydrogens is 282 g/mol. The van der Waals surface area contributed by atoms with Gasteiger partial charge in [-0.1, -0.05) is 19.8 Å². The second-order valence-corrected chi connectivity index (χ2v) is 7.00. The minimum absolute atomic E-state index is 0.0507. The molecule has 1 saturated carbocycles. The maximum Gasteiger partial charge on any atom is 0.325 e. The van der Waals surface area contributed by atoms with Crippen LogP contribution in [0.5, 0.6) is 0 Å². The molecule has 112 valence electrons. The summed E-state index contributed by atoms with van der Waals surface area (Å²) >= 11 is 0. The molecule has 0 amide bonds. The molecule has 2 rings (SSSR count). The first-order valence-corrected chi connectivity index (χ1v) is 8.15. The number of nitrogens with one attached hydrogen (secondary N) is 3. The third-order valence-corrected chi connectivity index (χ3v) is 5.40. The van der Waals surface area contributed by atoms with Crippen LogP contribution in [0.1, 0.15) is 38.3 Å². The van der Waals surface area contributed by atoms with Crippen molar-refractivity contribution < 1.29 is 8.42 Å². The molecule has 3 N–H and O–H groups in total. The average molecular weight is 301 g/mol. The van der Waals surface area contributed by atoms with Gasteiger partial charge in [-0.15, -0.1) is 0 Å². The third-order valence-electron chi connectivity index (χ3n) is 3.76. The highest BCUT2D eigenvalue weighted by molar-refractivity contribution is 7.89. The number of hydrogen-bond acceptors (Lipinski definition) is 4. The van der Waals surface area contributed by atoms with Crippen LogP contribution in [-0.4, -0.2) is 24.4 Å². The van der Waals surface area contributed by atoms with Crippen LogP contribution in [-0.2, 0) is 10.0 Å². The second kappa shape index (κ2) is 5.53. The van der Waals surface area contributed by atoms with E-state index in [1.54, 1.807) is 0 Å². The standard InChI is InChI=1S/C12H19N3O4S/c1-7-5-3-4-6-9(7)15-20(18,19)10-8(2)13-12(17)14-11(10)16/h7,9,15H,3-6H2,1-2H3,(H2,13,14,16,17). The minimum Gasteiger partial charge on any atom is -0.310 e. The van der Waals surface area contributed by atoms with E-state index in [1.807, 2.05) is 11.9 Å². The van der Waals surface area contributed by atoms with Gasteiger partial charge < -0.3 is 4.98 Å². The summed E-state index contributed by atoms with van der Waals surface area (Å²) in [5.41, 5.74) is -1.55. The Hall–Kier alpha value is -1.41. The van der Waals surface area contributed by atoms with Gasteiger partial charge >= 0.3 is 5.69 Å². The molecule has 1 heterocycles. The Labute approximate surface area is 116 Å². The van der Waals surface area contributed by atoms with E-state index in [2.05, 4.69) is 9.71 Å². The van der Waals surface area contributed by atoms with Crippen molar-refractivity contribution in [3.63, 3.8) is 0 Å². The minimum atomic E-state index is -3.93. The lowest BCUT2D eigenvalue weighted by Gasteiger charge is -2.29. The Morgan fingerprint density at radius 3 is 2.40 bits per heavy atom. The summed E-state index contributed by atoms with van der Waals surface area (Å²) in [5.74, 6) is 0.237. The Morgan fingerprint density at radius 2 is 1.80 bits per heavy atom. The third kappa shape index (κ3) is 3.01. The Bertz CT molecular complexity index is 704. The van der Waals surface area contributed by atoms with Crippen molar-refractivity contribution in [1.82, 2.24) is 14.7 Å². The van der Waals surface area contributed by atoms with Crippen LogP contribution in [0.3, 0.4) is 0 Å². The molecule has 1 aromatic rings. The van der Waals surface area contributed by atoms with Gasteiger partial charge in [-0.3, -0.25) is 9.78 Å². The van der Waals surface area contributed by atoms with E-state index < -0.39 is 26.2 Å². The molecule has 1 aromatic heterocycles. The van der Waals surface area contributed by atoms with Crippen LogP contribution >= 0.6 is 0 Å². The molecular formula is C12H19N3O4S. The second-order valence-electron chi connectivity index (χ2n) is 5.35. The quantitative estimate of drug-likeness (QED) is 0.741. The largest absolute Gasteiger partial charge is 0.325 e. The summed E-state index contributed by atoms with van der Waals surface area (Å²) in [6, 6.07) is -0.167. The van der Waals surface area contributed by atoms with E-state index in [1.165, 1.54) is 6.92 Å². The molecule has 2 atom stereocenters. The lowest BCUT2D eigenvalue weighted by Crippen LogP contribution is -2.43. The zero-order valence-electron chi connectivity index (χ0n) is 11.5. The van der Waals surface area contributed by atoms with Gasteiger partial charge in [0.15, 0.2) is 4.90 Å². The molecule has 0 radical (unpaired) electrons. The van der Waals surface area contributed by atoms with E-state index in [0.29, 0.717) is 0 Å². The summed E-state index contributed by atoms with van der Waals surface area (Å²) in [6.45, 7) is 3.39. The van der Waals surface area contributed by atoms with Gasteiger partial charge in [-0.05, 0) is 25.7 Å². The number of sulfonamides is 1. The van der Waals surface area contributed by atoms with Crippen molar-refractivity contribution in [2.24, 2.45) is 5.92 Å². The van der Waals surface area contributed by atoms with Gasteiger partial charge in [0.2, 0.25) is 10.0 Å². The van der Waals surface area contributed by atoms with Gasteiger partial charge in [0, 0.05) is 11.7 Å². The lowest BCUT2D eigenvalue weighted by atomic mass is 9.87. The molecule has 1 aliphatic rings. The molecule has 0 bridgehead atoms. The molecule has 8 heteroatoms. The maximum atomic E-state index is 12.3. The summed E-state index contributed by atoms with van der Waals surface area (Å²) < 4.78 is 27.3. The maximum absolute atomic E-state index is 12.3. The van der Waals surface area contributed by atoms with Gasteiger partial charge in [-0.25, -0.2) is 17.9 Å². The van der Waals surface area contributed by atoms with Crippen LogP contribution in [0.2, 0.25) is 0 Å². The molecule has 7 nitrogen and oxygen atoms in total. The number of aryl methyl sites for hydroxylation is 1. The summed E-state index contributed by atoms with van der Waals surface area (Å²) in [6.07, 6.45) is 3.80. The Balaban J connectivity index is 2.36. The normalized spacial score (nSPS) is 23.7. The zero-order chi connectivity index (χ0) is 14.9. The highest BCUT2D eigenvalue weighted by Crippen LogP contribution is 2.25. The first-order valence-electron chi connectivity index (χ1n) is 6.67. The van der Waals surface area contributed by atoms with Crippen LogP contribution in [0.15, 0.2) is 14.5 Å². The first-order chi connectivity index (χ1) is 9.31. The average Bonchev–Trinajstić information content (AvgIpc) is 2.30. The SMILES string of the molecule is Cc1[nH]c(=O)[nH]c(=O)c1S(=O)(=O)NC1CCCCC1C. The van der Waals surface area contributed by atoms with E-state index in [4.69, 9.17) is 0 Å². The molecule has 0 aliphatic heterocycles. The first kappa shape index (κ1) is 15.0. The Kier molecular flexibility index (Phi) is 4.14. The summed E-state index contributed by atoms with van der Waals surface area (Å²) in [7, 11) is -3.93. The van der Waals surface area contributed by atoms with Gasteiger partial charge in [0.05, 0.1) is 0 Å². The lowest BCUT2D eigenvalue weighted by molar-refractivity contribution is 0.310. The predicted octanol–water partition coefficient (Wildman–Crippen LogP) is 0.229. The Morgan fingerprint density at radius 1 is 1.15 bits per heavy atom. The predicted molar refractivity (Wildman–Crippen MR) is 74.2 cm³/mol. The van der Waals surface area contributed by atoms with Gasteiger partial charge in [0.25, 0.3) is 5.56 Å². The van der Waals surface area contributed by atoms with Crippen molar-refractivity contribution in [2.45, 2.75) is 50.5 Å². The van der Waals surface area contributed by atoms with Crippen LogP contribution in [0, 0.1) is 12.8 Å². The fourth-order valence-corrected chi connectivity index (χ4v) is 4.28. The molecule has 0 aromatic carbocycles. The number of rotatable bonds is 3. The van der Waals surface area contributed by atoms with Gasteiger partial charge in [-0.2, -0.15) is 0 Å². The molecule has 0 saturated heterocycles. The summed E-state index contributed by atoms with van der Waals surface area (Å²) in [5, 5.41) is 0. The number of hydrogen-bond donors (Lipinski definition) is 3. The van der Waals surface area contributed by atoms with Crippen molar-refractivity contribution in [3.8, 4) is 0 Å². The fraction of sp³-hybridized carbons (Fsp3) is 0.667.